The van der Waals surface area contributed by atoms with E-state index in [0.717, 1.165) is 5.75 Å². The standard InChI is InChI=1S/C14H20S/c1-5-7-13(4)15-10-14-11(2)8-6-9-12(14)3/h5-9,13H,10H2,1-4H3. The molecule has 0 aliphatic heterocycles. The largest absolute Gasteiger partial charge is 0.150 e. The summed E-state index contributed by atoms with van der Waals surface area (Å²) in [4.78, 5) is 0. The average Bonchev–Trinajstić information content (AvgIpc) is 2.17. The third-order valence-corrected chi connectivity index (χ3v) is 3.74. The molecule has 1 rings (SSSR count). The molecule has 82 valence electrons. The fourth-order valence-corrected chi connectivity index (χ4v) is 2.77. The van der Waals surface area contributed by atoms with E-state index in [-0.39, 0.29) is 0 Å². The van der Waals surface area contributed by atoms with Crippen LogP contribution in [0.5, 0.6) is 0 Å². The third kappa shape index (κ3) is 3.75. The van der Waals surface area contributed by atoms with Crippen molar-refractivity contribution in [2.75, 3.05) is 0 Å². The van der Waals surface area contributed by atoms with E-state index >= 15 is 0 Å². The van der Waals surface area contributed by atoms with E-state index in [2.05, 4.69) is 58.0 Å². The van der Waals surface area contributed by atoms with Crippen molar-refractivity contribution in [2.45, 2.75) is 38.7 Å². The predicted octanol–water partition coefficient (Wildman–Crippen LogP) is 4.50. The van der Waals surface area contributed by atoms with Gasteiger partial charge in [-0.1, -0.05) is 30.4 Å². The highest BCUT2D eigenvalue weighted by molar-refractivity contribution is 7.99. The van der Waals surface area contributed by atoms with E-state index in [9.17, 15) is 0 Å². The van der Waals surface area contributed by atoms with Gasteiger partial charge in [-0.2, -0.15) is 0 Å². The summed E-state index contributed by atoms with van der Waals surface area (Å²) in [6.07, 6.45) is 4.38. The Hall–Kier alpha value is -0.690. The number of benzene rings is 1. The summed E-state index contributed by atoms with van der Waals surface area (Å²) in [7, 11) is 0. The van der Waals surface area contributed by atoms with Crippen LogP contribution < -0.4 is 0 Å². The quantitative estimate of drug-likeness (QED) is 0.673. The maximum absolute atomic E-state index is 2.25. The molecule has 0 spiro atoms. The molecule has 0 nitrogen and oxygen atoms in total. The highest BCUT2D eigenvalue weighted by Gasteiger charge is 2.04. The fourth-order valence-electron chi connectivity index (χ4n) is 1.62. The number of thioether (sulfide) groups is 1. The Balaban J connectivity index is 2.65. The molecule has 1 heteroatoms. The molecular formula is C14H20S. The summed E-state index contributed by atoms with van der Waals surface area (Å²) >= 11 is 2.00. The van der Waals surface area contributed by atoms with Gasteiger partial charge in [-0.05, 0) is 44.4 Å². The first-order chi connectivity index (χ1) is 7.15. The summed E-state index contributed by atoms with van der Waals surface area (Å²) in [5.74, 6) is 1.12. The molecule has 1 unspecified atom stereocenters. The van der Waals surface area contributed by atoms with E-state index in [1.807, 2.05) is 11.8 Å². The molecule has 15 heavy (non-hydrogen) atoms. The van der Waals surface area contributed by atoms with Crippen molar-refractivity contribution < 1.29 is 0 Å². The zero-order valence-electron chi connectivity index (χ0n) is 10.1. The van der Waals surface area contributed by atoms with Crippen molar-refractivity contribution >= 4 is 11.8 Å². The molecule has 0 fully saturated rings. The zero-order chi connectivity index (χ0) is 11.3. The second kappa shape index (κ2) is 6.02. The summed E-state index contributed by atoms with van der Waals surface area (Å²) in [5.41, 5.74) is 4.32. The molecule has 1 aromatic carbocycles. The SMILES string of the molecule is CC=CC(C)SCc1c(C)cccc1C. The molecule has 1 atom stereocenters. The van der Waals surface area contributed by atoms with Crippen molar-refractivity contribution in [2.24, 2.45) is 0 Å². The Morgan fingerprint density at radius 1 is 1.27 bits per heavy atom. The first-order valence-electron chi connectivity index (χ1n) is 5.44. The third-order valence-electron chi connectivity index (χ3n) is 2.60. The van der Waals surface area contributed by atoms with Gasteiger partial charge in [0, 0.05) is 11.0 Å². The van der Waals surface area contributed by atoms with Gasteiger partial charge in [0.15, 0.2) is 0 Å². The van der Waals surface area contributed by atoms with Gasteiger partial charge in [-0.25, -0.2) is 0 Å². The maximum atomic E-state index is 2.25. The van der Waals surface area contributed by atoms with Gasteiger partial charge in [-0.3, -0.25) is 0 Å². The van der Waals surface area contributed by atoms with Crippen molar-refractivity contribution in [1.29, 1.82) is 0 Å². The number of rotatable bonds is 4. The van der Waals surface area contributed by atoms with Gasteiger partial charge in [-0.15, -0.1) is 11.8 Å². The lowest BCUT2D eigenvalue weighted by atomic mass is 10.1. The van der Waals surface area contributed by atoms with E-state index in [4.69, 9.17) is 0 Å². The van der Waals surface area contributed by atoms with E-state index < -0.39 is 0 Å². The molecule has 0 aliphatic carbocycles. The molecule has 0 aromatic heterocycles. The lowest BCUT2D eigenvalue weighted by molar-refractivity contribution is 1.20. The molecule has 0 radical (unpaired) electrons. The second-order valence-corrected chi connectivity index (χ2v) is 5.28. The van der Waals surface area contributed by atoms with Gasteiger partial charge in [0.2, 0.25) is 0 Å². The Bertz CT molecular complexity index is 319. The Morgan fingerprint density at radius 2 is 1.87 bits per heavy atom. The van der Waals surface area contributed by atoms with Crippen LogP contribution in [0.4, 0.5) is 0 Å². The maximum Gasteiger partial charge on any atom is 0.0201 e. The van der Waals surface area contributed by atoms with Crippen LogP contribution in [0.1, 0.15) is 30.5 Å². The van der Waals surface area contributed by atoms with Crippen molar-refractivity contribution in [3.63, 3.8) is 0 Å². The van der Waals surface area contributed by atoms with Crippen LogP contribution >= 0.6 is 11.8 Å². The molecule has 0 saturated carbocycles. The van der Waals surface area contributed by atoms with Gasteiger partial charge in [0.1, 0.15) is 0 Å². The van der Waals surface area contributed by atoms with Crippen LogP contribution in [0.2, 0.25) is 0 Å². The van der Waals surface area contributed by atoms with Gasteiger partial charge in [0.05, 0.1) is 0 Å². The predicted molar refractivity (Wildman–Crippen MR) is 71.5 cm³/mol. The van der Waals surface area contributed by atoms with Crippen LogP contribution in [-0.2, 0) is 5.75 Å². The smallest absolute Gasteiger partial charge is 0.0201 e. The lowest BCUT2D eigenvalue weighted by Gasteiger charge is -2.11. The van der Waals surface area contributed by atoms with E-state index in [1.54, 1.807) is 0 Å². The minimum atomic E-state index is 0.606. The summed E-state index contributed by atoms with van der Waals surface area (Å²) < 4.78 is 0. The van der Waals surface area contributed by atoms with Crippen LogP contribution in [0.15, 0.2) is 30.4 Å². The Labute approximate surface area is 97.8 Å². The zero-order valence-corrected chi connectivity index (χ0v) is 10.9. The molecule has 0 N–H and O–H groups in total. The van der Waals surface area contributed by atoms with Gasteiger partial charge >= 0.3 is 0 Å². The molecule has 0 heterocycles. The first-order valence-corrected chi connectivity index (χ1v) is 6.49. The molecule has 0 bridgehead atoms. The summed E-state index contributed by atoms with van der Waals surface area (Å²) in [6.45, 7) is 8.72. The van der Waals surface area contributed by atoms with Crippen LogP contribution in [0.3, 0.4) is 0 Å². The highest BCUT2D eigenvalue weighted by Crippen LogP contribution is 2.23. The molecular weight excluding hydrogens is 200 g/mol. The monoisotopic (exact) mass is 220 g/mol. The van der Waals surface area contributed by atoms with Crippen LogP contribution in [0.25, 0.3) is 0 Å². The summed E-state index contributed by atoms with van der Waals surface area (Å²) in [6, 6.07) is 6.53. The van der Waals surface area contributed by atoms with Crippen LogP contribution in [-0.4, -0.2) is 5.25 Å². The van der Waals surface area contributed by atoms with Crippen molar-refractivity contribution in [1.82, 2.24) is 0 Å². The Kier molecular flexibility index (Phi) is 4.97. The summed E-state index contributed by atoms with van der Waals surface area (Å²) in [5, 5.41) is 0.606. The van der Waals surface area contributed by atoms with Crippen molar-refractivity contribution in [3.8, 4) is 0 Å². The topological polar surface area (TPSA) is 0 Å². The van der Waals surface area contributed by atoms with Gasteiger partial charge in [0.25, 0.3) is 0 Å². The molecule has 0 saturated heterocycles. The minimum Gasteiger partial charge on any atom is -0.150 e. The van der Waals surface area contributed by atoms with Gasteiger partial charge < -0.3 is 0 Å². The van der Waals surface area contributed by atoms with E-state index in [1.165, 1.54) is 16.7 Å². The first kappa shape index (κ1) is 12.4. The number of aryl methyl sites for hydroxylation is 2. The lowest BCUT2D eigenvalue weighted by Crippen LogP contribution is -1.95. The highest BCUT2D eigenvalue weighted by atomic mass is 32.2. The Morgan fingerprint density at radius 3 is 2.40 bits per heavy atom. The number of hydrogen-bond acceptors (Lipinski definition) is 1. The fraction of sp³-hybridized carbons (Fsp3) is 0.429. The number of hydrogen-bond donors (Lipinski definition) is 0. The molecule has 0 amide bonds. The minimum absolute atomic E-state index is 0.606. The van der Waals surface area contributed by atoms with Crippen molar-refractivity contribution in [3.05, 3.63) is 47.0 Å². The number of allylic oxidation sites excluding steroid dienone is 1. The normalized spacial score (nSPS) is 13.3. The van der Waals surface area contributed by atoms with Crippen LogP contribution in [0, 0.1) is 13.8 Å². The van der Waals surface area contributed by atoms with E-state index in [0.29, 0.717) is 5.25 Å². The average molecular weight is 220 g/mol. The second-order valence-electron chi connectivity index (χ2n) is 3.91. The molecule has 1 aromatic rings. The molecule has 0 aliphatic rings.